The third kappa shape index (κ3) is 5.12. The van der Waals surface area contributed by atoms with Gasteiger partial charge in [-0.1, -0.05) is 18.2 Å². The number of nitrogens with zero attached hydrogens (tertiary/aromatic N) is 5. The number of halogens is 3. The first-order valence-electron chi connectivity index (χ1n) is 12.1. The SMILES string of the molecule is O=C(C1CCCN(S(=O)(=O)c2cccnc2)C1)N1CCN(c2cc(C(F)(F)F)nc3ccccc23)CC1. The van der Waals surface area contributed by atoms with Crippen LogP contribution in [-0.4, -0.2) is 72.8 Å². The Morgan fingerprint density at radius 2 is 1.76 bits per heavy atom. The van der Waals surface area contributed by atoms with Crippen LogP contribution < -0.4 is 4.90 Å². The molecule has 0 aliphatic carbocycles. The summed E-state index contributed by atoms with van der Waals surface area (Å²) >= 11 is 0. The summed E-state index contributed by atoms with van der Waals surface area (Å²) in [5, 5.41) is 0.624. The number of piperidine rings is 1. The van der Waals surface area contributed by atoms with E-state index in [4.69, 9.17) is 0 Å². The first-order chi connectivity index (χ1) is 17.6. The molecule has 2 aliphatic heterocycles. The molecule has 0 spiro atoms. The first-order valence-corrected chi connectivity index (χ1v) is 13.5. The molecule has 2 fully saturated rings. The molecule has 0 N–H and O–H groups in total. The molecule has 12 heteroatoms. The minimum absolute atomic E-state index is 0.0968. The van der Waals surface area contributed by atoms with Crippen molar-refractivity contribution < 1.29 is 26.4 Å². The Balaban J connectivity index is 1.29. The number of pyridine rings is 2. The number of carbonyl (C=O) groups excluding carboxylic acids is 1. The highest BCUT2D eigenvalue weighted by molar-refractivity contribution is 7.89. The number of hydrogen-bond acceptors (Lipinski definition) is 6. The van der Waals surface area contributed by atoms with Gasteiger partial charge in [-0.2, -0.15) is 17.5 Å². The van der Waals surface area contributed by atoms with Gasteiger partial charge in [-0.25, -0.2) is 13.4 Å². The Morgan fingerprint density at radius 3 is 2.46 bits per heavy atom. The van der Waals surface area contributed by atoms with Crippen molar-refractivity contribution in [2.45, 2.75) is 23.9 Å². The molecule has 1 unspecified atom stereocenters. The van der Waals surface area contributed by atoms with Crippen molar-refractivity contribution in [2.75, 3.05) is 44.2 Å². The van der Waals surface area contributed by atoms with E-state index in [1.807, 2.05) is 4.90 Å². The van der Waals surface area contributed by atoms with Gasteiger partial charge in [0, 0.05) is 62.7 Å². The number of rotatable bonds is 4. The lowest BCUT2D eigenvalue weighted by Gasteiger charge is -2.39. The lowest BCUT2D eigenvalue weighted by molar-refractivity contribution is -0.141. The predicted octanol–water partition coefficient (Wildman–Crippen LogP) is 3.40. The monoisotopic (exact) mass is 533 g/mol. The number of carbonyl (C=O) groups is 1. The molecule has 196 valence electrons. The second-order valence-corrected chi connectivity index (χ2v) is 11.2. The number of sulfonamides is 1. The van der Waals surface area contributed by atoms with Gasteiger partial charge in [-0.3, -0.25) is 9.78 Å². The topological polar surface area (TPSA) is 86.7 Å². The molecule has 8 nitrogen and oxygen atoms in total. The molecule has 2 saturated heterocycles. The highest BCUT2D eigenvalue weighted by Gasteiger charge is 2.37. The quantitative estimate of drug-likeness (QED) is 0.511. The lowest BCUT2D eigenvalue weighted by Crippen LogP contribution is -2.53. The molecule has 2 aromatic heterocycles. The number of para-hydroxylation sites is 1. The zero-order chi connectivity index (χ0) is 26.2. The number of piperazine rings is 1. The van der Waals surface area contributed by atoms with E-state index in [1.165, 1.54) is 22.8 Å². The van der Waals surface area contributed by atoms with E-state index < -0.39 is 27.8 Å². The number of alkyl halides is 3. The van der Waals surface area contributed by atoms with Gasteiger partial charge in [0.1, 0.15) is 10.6 Å². The number of hydrogen-bond donors (Lipinski definition) is 0. The smallest absolute Gasteiger partial charge is 0.367 e. The summed E-state index contributed by atoms with van der Waals surface area (Å²) in [5.74, 6) is -0.591. The van der Waals surface area contributed by atoms with Gasteiger partial charge >= 0.3 is 6.18 Å². The number of aromatic nitrogens is 2. The van der Waals surface area contributed by atoms with E-state index in [1.54, 1.807) is 35.2 Å². The first kappa shape index (κ1) is 25.4. The van der Waals surface area contributed by atoms with Gasteiger partial charge in [0.05, 0.1) is 11.4 Å². The van der Waals surface area contributed by atoms with Crippen LogP contribution in [0.3, 0.4) is 0 Å². The largest absolute Gasteiger partial charge is 0.433 e. The van der Waals surface area contributed by atoms with Crippen molar-refractivity contribution >= 4 is 32.5 Å². The fourth-order valence-corrected chi connectivity index (χ4v) is 6.49. The average Bonchev–Trinajstić information content (AvgIpc) is 2.92. The molecule has 1 amide bonds. The molecular weight excluding hydrogens is 507 g/mol. The van der Waals surface area contributed by atoms with Crippen LogP contribution in [0.15, 0.2) is 59.8 Å². The van der Waals surface area contributed by atoms with Crippen molar-refractivity contribution in [3.05, 3.63) is 60.6 Å². The van der Waals surface area contributed by atoms with Crippen LogP contribution >= 0.6 is 0 Å². The molecule has 1 atom stereocenters. The van der Waals surface area contributed by atoms with E-state index in [0.29, 0.717) is 56.6 Å². The van der Waals surface area contributed by atoms with Crippen LogP contribution in [0.2, 0.25) is 0 Å². The van der Waals surface area contributed by atoms with Gasteiger partial charge < -0.3 is 9.80 Å². The second-order valence-electron chi connectivity index (χ2n) is 9.24. The van der Waals surface area contributed by atoms with Crippen molar-refractivity contribution in [1.82, 2.24) is 19.2 Å². The van der Waals surface area contributed by atoms with Crippen LogP contribution in [0.25, 0.3) is 10.9 Å². The normalized spacial score (nSPS) is 19.8. The van der Waals surface area contributed by atoms with E-state index >= 15 is 0 Å². The Hall–Kier alpha value is -3.25. The van der Waals surface area contributed by atoms with Gasteiger partial charge in [-0.05, 0) is 37.1 Å². The Bertz CT molecular complexity index is 1390. The highest BCUT2D eigenvalue weighted by atomic mass is 32.2. The zero-order valence-electron chi connectivity index (χ0n) is 19.9. The summed E-state index contributed by atoms with van der Waals surface area (Å²) in [6.07, 6.45) is -0.617. The summed E-state index contributed by atoms with van der Waals surface area (Å²) < 4.78 is 67.8. The van der Waals surface area contributed by atoms with Crippen LogP contribution in [0.5, 0.6) is 0 Å². The van der Waals surface area contributed by atoms with Crippen LogP contribution in [0.4, 0.5) is 18.9 Å². The van der Waals surface area contributed by atoms with Crippen molar-refractivity contribution in [3.8, 4) is 0 Å². The van der Waals surface area contributed by atoms with Crippen molar-refractivity contribution in [3.63, 3.8) is 0 Å². The fraction of sp³-hybridized carbons (Fsp3) is 0.400. The maximum Gasteiger partial charge on any atom is 0.433 e. The second kappa shape index (κ2) is 9.90. The van der Waals surface area contributed by atoms with Gasteiger partial charge in [0.25, 0.3) is 0 Å². The maximum atomic E-state index is 13.5. The molecular formula is C25H26F3N5O3S. The van der Waals surface area contributed by atoms with E-state index in [9.17, 15) is 26.4 Å². The molecule has 0 saturated carbocycles. The van der Waals surface area contributed by atoms with E-state index in [-0.39, 0.29) is 22.9 Å². The Morgan fingerprint density at radius 1 is 1.00 bits per heavy atom. The average molecular weight is 534 g/mol. The molecule has 1 aromatic carbocycles. The fourth-order valence-electron chi connectivity index (χ4n) is 5.00. The third-order valence-corrected chi connectivity index (χ3v) is 8.77. The number of fused-ring (bicyclic) bond motifs is 1. The standard InChI is InChI=1S/C25H26F3N5O3S/c26-25(27,28)23-15-22(20-7-1-2-8-21(20)30-23)31-11-13-32(14-12-31)24(34)18-5-4-10-33(17-18)37(35,36)19-6-3-9-29-16-19/h1-3,6-9,15-16,18H,4-5,10-14,17H2. The third-order valence-electron chi connectivity index (χ3n) is 6.92. The molecule has 0 bridgehead atoms. The lowest BCUT2D eigenvalue weighted by atomic mass is 9.97. The van der Waals surface area contributed by atoms with E-state index in [2.05, 4.69) is 9.97 Å². The Kier molecular flexibility index (Phi) is 6.80. The summed E-state index contributed by atoms with van der Waals surface area (Å²) in [4.78, 5) is 24.6. The van der Waals surface area contributed by atoms with Crippen LogP contribution in [0.1, 0.15) is 18.5 Å². The number of benzene rings is 1. The molecule has 5 rings (SSSR count). The van der Waals surface area contributed by atoms with Crippen molar-refractivity contribution in [2.24, 2.45) is 5.92 Å². The number of anilines is 1. The van der Waals surface area contributed by atoms with Crippen molar-refractivity contribution in [1.29, 1.82) is 0 Å². The summed E-state index contributed by atoms with van der Waals surface area (Å²) in [5.41, 5.74) is -0.240. The number of amides is 1. The summed E-state index contributed by atoms with van der Waals surface area (Å²) in [7, 11) is -3.75. The van der Waals surface area contributed by atoms with Crippen LogP contribution in [0, 0.1) is 5.92 Å². The molecule has 2 aliphatic rings. The molecule has 4 heterocycles. The Labute approximate surface area is 212 Å². The van der Waals surface area contributed by atoms with E-state index in [0.717, 1.165) is 6.07 Å². The minimum atomic E-state index is -4.57. The zero-order valence-corrected chi connectivity index (χ0v) is 20.7. The summed E-state index contributed by atoms with van der Waals surface area (Å²) in [6.45, 7) is 1.83. The predicted molar refractivity (Wildman–Crippen MR) is 131 cm³/mol. The van der Waals surface area contributed by atoms with Gasteiger partial charge in [0.15, 0.2) is 0 Å². The van der Waals surface area contributed by atoms with Crippen LogP contribution in [-0.2, 0) is 21.0 Å². The van der Waals surface area contributed by atoms with Gasteiger partial charge in [-0.15, -0.1) is 0 Å². The molecule has 0 radical (unpaired) electrons. The van der Waals surface area contributed by atoms with Gasteiger partial charge in [0.2, 0.25) is 15.9 Å². The molecule has 37 heavy (non-hydrogen) atoms. The minimum Gasteiger partial charge on any atom is -0.367 e. The summed E-state index contributed by atoms with van der Waals surface area (Å²) in [6, 6.07) is 10.8. The maximum absolute atomic E-state index is 13.5. The molecule has 3 aromatic rings. The highest BCUT2D eigenvalue weighted by Crippen LogP contribution is 2.35.